The number of aryl methyl sites for hydroxylation is 1. The van der Waals surface area contributed by atoms with Gasteiger partial charge in [0.1, 0.15) is 5.69 Å². The summed E-state index contributed by atoms with van der Waals surface area (Å²) >= 11 is 8.96. The minimum atomic E-state index is -0.283. The second kappa shape index (κ2) is 20.1. The summed E-state index contributed by atoms with van der Waals surface area (Å²) in [6, 6.07) is 1.86. The van der Waals surface area contributed by atoms with Crippen LogP contribution in [0.25, 0.3) is 0 Å². The highest BCUT2D eigenvalue weighted by Gasteiger charge is 2.16. The summed E-state index contributed by atoms with van der Waals surface area (Å²) in [6.45, 7) is 21.4. The molecule has 0 unspecified atom stereocenters. The first-order chi connectivity index (χ1) is 21.6. The molecule has 0 aliphatic heterocycles. The van der Waals surface area contributed by atoms with E-state index in [4.69, 9.17) is 21.1 Å². The lowest BCUT2D eigenvalue weighted by Gasteiger charge is -2.16. The number of carbonyl (C=O) groups is 2. The van der Waals surface area contributed by atoms with Gasteiger partial charge in [-0.2, -0.15) is 0 Å². The summed E-state index contributed by atoms with van der Waals surface area (Å²) in [4.78, 5) is 36.6. The topological polar surface area (TPSA) is 89.8 Å². The maximum Gasteiger partial charge on any atom is 0.354 e. The average molecular weight is 678 g/mol. The molecule has 0 amide bonds. The van der Waals surface area contributed by atoms with E-state index in [9.17, 15) is 9.59 Å². The molecule has 3 aromatic rings. The molecular weight excluding hydrogens is 630 g/mol. The molecule has 4 rings (SSSR count). The van der Waals surface area contributed by atoms with Gasteiger partial charge in [-0.3, -0.25) is 0 Å². The van der Waals surface area contributed by atoms with Crippen molar-refractivity contribution < 1.29 is 19.1 Å². The number of nitrogens with zero attached hydrogens (tertiary/aromatic N) is 5. The number of hydrogen-bond acceptors (Lipinski definition) is 10. The maximum absolute atomic E-state index is 12.0. The third-order valence-electron chi connectivity index (χ3n) is 6.72. The largest absolute Gasteiger partial charge is 0.463 e. The van der Waals surface area contributed by atoms with Crippen molar-refractivity contribution >= 4 is 56.5 Å². The number of thiazole rings is 2. The molecule has 3 heterocycles. The number of halogens is 1. The highest BCUT2D eigenvalue weighted by molar-refractivity contribution is 7.14. The molecule has 0 bridgehead atoms. The van der Waals surface area contributed by atoms with E-state index in [1.54, 1.807) is 22.7 Å². The molecule has 0 N–H and O–H groups in total. The maximum atomic E-state index is 12.0. The number of carbonyl (C=O) groups excluding carboxylic acids is 2. The molecule has 9 nitrogen and oxygen atoms in total. The second-order valence-electron chi connectivity index (χ2n) is 10.0. The molecule has 0 fully saturated rings. The van der Waals surface area contributed by atoms with Crippen molar-refractivity contribution in [1.82, 2.24) is 14.5 Å². The van der Waals surface area contributed by atoms with Crippen LogP contribution in [-0.4, -0.2) is 65.9 Å². The van der Waals surface area contributed by atoms with Crippen LogP contribution < -0.4 is 9.80 Å². The second-order valence-corrected chi connectivity index (χ2v) is 12.0. The zero-order valence-electron chi connectivity index (χ0n) is 27.9. The predicted molar refractivity (Wildman–Crippen MR) is 188 cm³/mol. The Bertz CT molecular complexity index is 1400. The standard InChI is InChI=1S/C16H23N3O2S.C9H12O2.C8H13ClN2S/c1-5-18(6-2)16-17-13(11-22-16)10-19-9-12(4)8-14(19)15(20)21-7-3;1-3-11-9(10)8-5-4-7(2)6-8;1-3-11(4-2)8-10-7(5-9)6-12-8/h8-9,11H,5-7,10H2,1-4H3;4,6H,3,5H2,1-2H3;6H,3-5H2,1-2H3. The van der Waals surface area contributed by atoms with Gasteiger partial charge in [-0.15, -0.1) is 34.3 Å². The van der Waals surface area contributed by atoms with E-state index in [2.05, 4.69) is 52.8 Å². The van der Waals surface area contributed by atoms with Gasteiger partial charge in [-0.1, -0.05) is 11.6 Å². The number of anilines is 2. The van der Waals surface area contributed by atoms with Gasteiger partial charge in [-0.25, -0.2) is 19.6 Å². The van der Waals surface area contributed by atoms with E-state index < -0.39 is 0 Å². The number of rotatable bonds is 13. The molecule has 0 saturated carbocycles. The number of allylic oxidation sites excluding steroid dienone is 3. The molecule has 0 spiro atoms. The van der Waals surface area contributed by atoms with E-state index in [-0.39, 0.29) is 11.9 Å². The Morgan fingerprint density at radius 3 is 1.87 bits per heavy atom. The van der Waals surface area contributed by atoms with Gasteiger partial charge in [0.2, 0.25) is 0 Å². The van der Waals surface area contributed by atoms with Crippen molar-refractivity contribution in [2.45, 2.75) is 74.2 Å². The fourth-order valence-electron chi connectivity index (χ4n) is 4.37. The first kappa shape index (κ1) is 38.0. The van der Waals surface area contributed by atoms with Crippen LogP contribution in [0.5, 0.6) is 0 Å². The summed E-state index contributed by atoms with van der Waals surface area (Å²) in [6.07, 6.45) is 6.58. The lowest BCUT2D eigenvalue weighted by Crippen LogP contribution is -2.21. The number of aromatic nitrogens is 3. The number of ether oxygens (including phenoxy) is 2. The summed E-state index contributed by atoms with van der Waals surface area (Å²) in [5, 5.41) is 6.18. The normalized spacial score (nSPS) is 11.8. The fourth-order valence-corrected chi connectivity index (χ4v) is 6.50. The molecule has 1 aliphatic carbocycles. The van der Waals surface area contributed by atoms with E-state index in [1.807, 2.05) is 62.1 Å². The Hall–Kier alpha value is -3.15. The molecule has 248 valence electrons. The van der Waals surface area contributed by atoms with Crippen LogP contribution >= 0.6 is 34.3 Å². The molecule has 0 atom stereocenters. The minimum Gasteiger partial charge on any atom is -0.463 e. The van der Waals surface area contributed by atoms with Gasteiger partial charge in [0.25, 0.3) is 0 Å². The first-order valence-electron chi connectivity index (χ1n) is 15.5. The van der Waals surface area contributed by atoms with Crippen molar-refractivity contribution in [3.05, 3.63) is 69.0 Å². The molecule has 12 heteroatoms. The summed E-state index contributed by atoms with van der Waals surface area (Å²) in [7, 11) is 0. The number of alkyl halides is 1. The van der Waals surface area contributed by atoms with E-state index in [1.165, 1.54) is 0 Å². The Kier molecular flexibility index (Phi) is 17.0. The Labute approximate surface area is 281 Å². The van der Waals surface area contributed by atoms with Crippen LogP contribution in [0.2, 0.25) is 0 Å². The molecule has 0 saturated heterocycles. The van der Waals surface area contributed by atoms with Gasteiger partial charge < -0.3 is 23.8 Å². The van der Waals surface area contributed by atoms with Gasteiger partial charge in [0.15, 0.2) is 10.3 Å². The lowest BCUT2D eigenvalue weighted by molar-refractivity contribution is -0.138. The van der Waals surface area contributed by atoms with Crippen molar-refractivity contribution in [3.63, 3.8) is 0 Å². The highest BCUT2D eigenvalue weighted by atomic mass is 35.5. The Balaban J connectivity index is 0.000000259. The molecule has 3 aromatic heterocycles. The van der Waals surface area contributed by atoms with Crippen LogP contribution in [-0.2, 0) is 26.7 Å². The molecular formula is C33H48ClN5O4S2. The van der Waals surface area contributed by atoms with Crippen LogP contribution in [0.1, 0.15) is 82.3 Å². The number of hydrogen-bond donors (Lipinski definition) is 0. The van der Waals surface area contributed by atoms with Crippen molar-refractivity contribution in [2.75, 3.05) is 49.2 Å². The summed E-state index contributed by atoms with van der Waals surface area (Å²) < 4.78 is 11.9. The zero-order chi connectivity index (χ0) is 33.4. The monoisotopic (exact) mass is 677 g/mol. The van der Waals surface area contributed by atoms with Crippen LogP contribution in [0, 0.1) is 6.92 Å². The first-order valence-corrected chi connectivity index (χ1v) is 17.8. The van der Waals surface area contributed by atoms with E-state index in [0.717, 1.165) is 71.0 Å². The third-order valence-corrected chi connectivity index (χ3v) is 8.89. The zero-order valence-corrected chi connectivity index (χ0v) is 30.3. The van der Waals surface area contributed by atoms with Crippen LogP contribution in [0.4, 0.5) is 10.3 Å². The van der Waals surface area contributed by atoms with Gasteiger partial charge >= 0.3 is 11.9 Å². The SMILES string of the molecule is CCN(CC)c1nc(CCl)cs1.CCOC(=O)C1=CC(C)=CC1.CCOC(=O)c1cc(C)cn1Cc1csc(N(CC)CC)n1. The Morgan fingerprint density at radius 2 is 1.40 bits per heavy atom. The van der Waals surface area contributed by atoms with E-state index in [0.29, 0.717) is 31.3 Å². The van der Waals surface area contributed by atoms with Crippen LogP contribution in [0.15, 0.2) is 46.3 Å². The number of esters is 2. The summed E-state index contributed by atoms with van der Waals surface area (Å²) in [5.41, 5.74) is 5.48. The highest BCUT2D eigenvalue weighted by Crippen LogP contribution is 2.23. The molecule has 1 aliphatic rings. The lowest BCUT2D eigenvalue weighted by atomic mass is 10.2. The Morgan fingerprint density at radius 1 is 0.867 bits per heavy atom. The van der Waals surface area contributed by atoms with Gasteiger partial charge in [0.05, 0.1) is 37.0 Å². The minimum absolute atomic E-state index is 0.180. The molecule has 45 heavy (non-hydrogen) atoms. The molecule has 0 radical (unpaired) electrons. The third kappa shape index (κ3) is 11.9. The van der Waals surface area contributed by atoms with Gasteiger partial charge in [-0.05, 0) is 79.5 Å². The fraction of sp³-hybridized carbons (Fsp3) is 0.515. The van der Waals surface area contributed by atoms with Crippen molar-refractivity contribution in [2.24, 2.45) is 0 Å². The quantitative estimate of drug-likeness (QED) is 0.133. The van der Waals surface area contributed by atoms with Crippen molar-refractivity contribution in [1.29, 1.82) is 0 Å². The average Bonchev–Trinajstić information content (AvgIpc) is 3.84. The van der Waals surface area contributed by atoms with Crippen LogP contribution in [0.3, 0.4) is 0 Å². The van der Waals surface area contributed by atoms with Gasteiger partial charge in [0, 0.05) is 48.7 Å². The predicted octanol–water partition coefficient (Wildman–Crippen LogP) is 7.88. The van der Waals surface area contributed by atoms with E-state index >= 15 is 0 Å². The smallest absolute Gasteiger partial charge is 0.354 e. The van der Waals surface area contributed by atoms with Crippen molar-refractivity contribution in [3.8, 4) is 0 Å². The summed E-state index contributed by atoms with van der Waals surface area (Å²) in [5.74, 6) is 0.0491. The molecule has 0 aromatic carbocycles.